The molecule has 0 radical (unpaired) electrons. The number of nitrogens with zero attached hydrogens (tertiary/aromatic N) is 3. The summed E-state index contributed by atoms with van der Waals surface area (Å²) in [6, 6.07) is 7.16. The number of pyridine rings is 1. The van der Waals surface area contributed by atoms with E-state index in [0.29, 0.717) is 12.1 Å². The van der Waals surface area contributed by atoms with Gasteiger partial charge in [0.2, 0.25) is 0 Å². The molecule has 3 aromatic heterocycles. The molecule has 29 heavy (non-hydrogen) atoms. The molecule has 2 amide bonds. The van der Waals surface area contributed by atoms with Gasteiger partial charge in [-0.15, -0.1) is 0 Å². The van der Waals surface area contributed by atoms with E-state index in [1.807, 2.05) is 25.1 Å². The van der Waals surface area contributed by atoms with Crippen LogP contribution in [0.3, 0.4) is 0 Å². The fourth-order valence-corrected chi connectivity index (χ4v) is 3.00. The van der Waals surface area contributed by atoms with E-state index in [9.17, 15) is 9.90 Å². The summed E-state index contributed by atoms with van der Waals surface area (Å²) >= 11 is 0. The Labute approximate surface area is 166 Å². The van der Waals surface area contributed by atoms with Crippen LogP contribution >= 0.6 is 0 Å². The number of urea groups is 1. The molecule has 1 unspecified atom stereocenters. The molecule has 0 fully saturated rings. The van der Waals surface area contributed by atoms with E-state index in [-0.39, 0.29) is 12.6 Å². The highest BCUT2D eigenvalue weighted by Gasteiger charge is 2.14. The van der Waals surface area contributed by atoms with Crippen molar-refractivity contribution in [3.63, 3.8) is 0 Å². The van der Waals surface area contributed by atoms with E-state index in [1.54, 1.807) is 30.9 Å². The molecule has 0 aliphatic rings. The fourth-order valence-electron chi connectivity index (χ4n) is 3.00. The van der Waals surface area contributed by atoms with Gasteiger partial charge in [-0.25, -0.2) is 9.78 Å². The molecule has 0 saturated heterocycles. The van der Waals surface area contributed by atoms with Crippen LogP contribution in [0.15, 0.2) is 49.1 Å². The molecule has 1 atom stereocenters. The molecule has 1 aromatic carbocycles. The molecule has 148 valence electrons. The molecular formula is C20H21N7O2. The van der Waals surface area contributed by atoms with E-state index < -0.39 is 6.10 Å². The second-order valence-electron chi connectivity index (χ2n) is 6.66. The van der Waals surface area contributed by atoms with E-state index in [2.05, 4.69) is 31.0 Å². The number of fused-ring (bicyclic) bond motifs is 1. The summed E-state index contributed by atoms with van der Waals surface area (Å²) in [5.74, 6) is 0. The number of amides is 2. The average Bonchev–Trinajstić information content (AvgIpc) is 3.45. The minimum Gasteiger partial charge on any atom is -0.391 e. The van der Waals surface area contributed by atoms with Crippen molar-refractivity contribution in [3.05, 3.63) is 49.1 Å². The van der Waals surface area contributed by atoms with Crippen LogP contribution in [-0.4, -0.2) is 49.2 Å². The maximum atomic E-state index is 12.1. The zero-order valence-electron chi connectivity index (χ0n) is 15.8. The number of rotatable bonds is 6. The summed E-state index contributed by atoms with van der Waals surface area (Å²) in [5, 5.41) is 29.6. The van der Waals surface area contributed by atoms with E-state index in [4.69, 9.17) is 4.98 Å². The normalized spacial score (nSPS) is 12.1. The maximum absolute atomic E-state index is 12.1. The van der Waals surface area contributed by atoms with Gasteiger partial charge < -0.3 is 15.7 Å². The molecule has 0 spiro atoms. The second kappa shape index (κ2) is 8.11. The first-order valence-corrected chi connectivity index (χ1v) is 9.30. The predicted octanol–water partition coefficient (Wildman–Crippen LogP) is 2.91. The number of H-pyrrole nitrogens is 2. The van der Waals surface area contributed by atoms with Crippen molar-refractivity contribution in [1.82, 2.24) is 30.7 Å². The van der Waals surface area contributed by atoms with Crippen LogP contribution in [0, 0.1) is 0 Å². The number of carbonyl (C=O) groups excluding carboxylic acids is 1. The lowest BCUT2D eigenvalue weighted by Crippen LogP contribution is -2.34. The third-order valence-electron chi connectivity index (χ3n) is 4.62. The Bertz CT molecular complexity index is 1110. The monoisotopic (exact) mass is 391 g/mol. The van der Waals surface area contributed by atoms with Crippen LogP contribution in [0.25, 0.3) is 33.3 Å². The number of aromatic nitrogens is 5. The van der Waals surface area contributed by atoms with Crippen molar-refractivity contribution in [2.45, 2.75) is 19.4 Å². The number of hydrogen-bond acceptors (Lipinski definition) is 5. The van der Waals surface area contributed by atoms with Gasteiger partial charge in [-0.3, -0.25) is 10.2 Å². The molecule has 0 aliphatic carbocycles. The van der Waals surface area contributed by atoms with Crippen LogP contribution in [0.1, 0.15) is 13.3 Å². The quantitative estimate of drug-likeness (QED) is 0.345. The largest absolute Gasteiger partial charge is 0.391 e. The lowest BCUT2D eigenvalue weighted by molar-refractivity contribution is 0.168. The number of aliphatic hydroxyl groups is 1. The number of aliphatic hydroxyl groups excluding tert-OH is 1. The third-order valence-corrected chi connectivity index (χ3v) is 4.62. The Morgan fingerprint density at radius 1 is 1.14 bits per heavy atom. The molecule has 0 bridgehead atoms. The molecular weight excluding hydrogens is 370 g/mol. The SMILES string of the molecule is CCC(O)CNC(=O)Nc1ccc2nc(-c3cn[nH]c3)c(-c3cn[nH]c3)cc2c1. The van der Waals surface area contributed by atoms with Crippen molar-refractivity contribution in [3.8, 4) is 22.4 Å². The Kier molecular flexibility index (Phi) is 5.21. The van der Waals surface area contributed by atoms with Crippen LogP contribution < -0.4 is 10.6 Å². The van der Waals surface area contributed by atoms with Gasteiger partial charge in [0.15, 0.2) is 0 Å². The van der Waals surface area contributed by atoms with Crippen molar-refractivity contribution in [2.75, 3.05) is 11.9 Å². The van der Waals surface area contributed by atoms with Gasteiger partial charge in [-0.1, -0.05) is 6.92 Å². The number of aromatic amines is 2. The minimum atomic E-state index is -0.555. The fraction of sp³-hybridized carbons (Fsp3) is 0.200. The Morgan fingerprint density at radius 3 is 2.59 bits per heavy atom. The van der Waals surface area contributed by atoms with Crippen molar-refractivity contribution in [2.24, 2.45) is 0 Å². The Hall–Kier alpha value is -3.72. The smallest absolute Gasteiger partial charge is 0.319 e. The van der Waals surface area contributed by atoms with E-state index in [1.165, 1.54) is 0 Å². The Balaban J connectivity index is 1.66. The zero-order chi connectivity index (χ0) is 20.2. The molecule has 0 aliphatic heterocycles. The predicted molar refractivity (Wildman–Crippen MR) is 110 cm³/mol. The lowest BCUT2D eigenvalue weighted by atomic mass is 10.0. The molecule has 9 heteroatoms. The summed E-state index contributed by atoms with van der Waals surface area (Å²) < 4.78 is 0. The van der Waals surface area contributed by atoms with Gasteiger partial charge in [0.25, 0.3) is 0 Å². The number of benzene rings is 1. The standard InChI is InChI=1S/C20H21N7O2/c1-2-16(28)11-21-20(29)26-15-3-4-18-12(5-15)6-17(13-7-22-23-8-13)19(27-18)14-9-24-25-10-14/h3-10,16,28H,2,11H2,1H3,(H,22,23)(H,24,25)(H2,21,26,29). The van der Waals surface area contributed by atoms with Crippen LogP contribution in [0.2, 0.25) is 0 Å². The number of carbonyl (C=O) groups is 1. The number of hydrogen-bond donors (Lipinski definition) is 5. The van der Waals surface area contributed by atoms with Crippen LogP contribution in [0.4, 0.5) is 10.5 Å². The molecule has 0 saturated carbocycles. The van der Waals surface area contributed by atoms with Crippen molar-refractivity contribution in [1.29, 1.82) is 0 Å². The average molecular weight is 391 g/mol. The van der Waals surface area contributed by atoms with Crippen LogP contribution in [-0.2, 0) is 0 Å². The number of anilines is 1. The summed E-state index contributed by atoms with van der Waals surface area (Å²) in [4.78, 5) is 16.9. The Morgan fingerprint density at radius 2 is 1.90 bits per heavy atom. The highest BCUT2D eigenvalue weighted by Crippen LogP contribution is 2.33. The van der Waals surface area contributed by atoms with Gasteiger partial charge in [0, 0.05) is 46.7 Å². The van der Waals surface area contributed by atoms with Crippen molar-refractivity contribution >= 4 is 22.6 Å². The minimum absolute atomic E-state index is 0.205. The van der Waals surface area contributed by atoms with Gasteiger partial charge in [-0.05, 0) is 30.7 Å². The van der Waals surface area contributed by atoms with Gasteiger partial charge >= 0.3 is 6.03 Å². The first-order chi connectivity index (χ1) is 14.1. The lowest BCUT2D eigenvalue weighted by Gasteiger charge is -2.12. The second-order valence-corrected chi connectivity index (χ2v) is 6.66. The molecule has 4 rings (SSSR count). The van der Waals surface area contributed by atoms with Gasteiger partial charge in [0.05, 0.1) is 29.7 Å². The zero-order valence-corrected chi connectivity index (χ0v) is 15.8. The molecule has 9 nitrogen and oxygen atoms in total. The topological polar surface area (TPSA) is 132 Å². The summed E-state index contributed by atoms with van der Waals surface area (Å²) in [6.45, 7) is 2.06. The van der Waals surface area contributed by atoms with Gasteiger partial charge in [0.1, 0.15) is 0 Å². The summed E-state index contributed by atoms with van der Waals surface area (Å²) in [5.41, 5.74) is 4.90. The van der Waals surface area contributed by atoms with Crippen molar-refractivity contribution < 1.29 is 9.90 Å². The highest BCUT2D eigenvalue weighted by molar-refractivity contribution is 5.95. The first-order valence-electron chi connectivity index (χ1n) is 9.30. The van der Waals surface area contributed by atoms with E-state index in [0.717, 1.165) is 33.3 Å². The van der Waals surface area contributed by atoms with Gasteiger partial charge in [-0.2, -0.15) is 10.2 Å². The summed E-state index contributed by atoms with van der Waals surface area (Å²) in [7, 11) is 0. The number of nitrogens with one attached hydrogen (secondary N) is 4. The summed E-state index contributed by atoms with van der Waals surface area (Å²) in [6.07, 6.45) is 7.09. The molecule has 4 aromatic rings. The first kappa shape index (κ1) is 18.6. The third kappa shape index (κ3) is 4.09. The maximum Gasteiger partial charge on any atom is 0.319 e. The molecule has 3 heterocycles. The van der Waals surface area contributed by atoms with Crippen LogP contribution in [0.5, 0.6) is 0 Å². The molecule has 5 N–H and O–H groups in total. The van der Waals surface area contributed by atoms with E-state index >= 15 is 0 Å². The highest BCUT2D eigenvalue weighted by atomic mass is 16.3.